The van der Waals surface area contributed by atoms with Crippen molar-refractivity contribution in [3.05, 3.63) is 114 Å². The van der Waals surface area contributed by atoms with E-state index in [-0.39, 0.29) is 17.3 Å². The van der Waals surface area contributed by atoms with Crippen molar-refractivity contribution in [1.82, 2.24) is 14.5 Å². The van der Waals surface area contributed by atoms with E-state index in [1.54, 1.807) is 18.2 Å². The molecule has 8 heteroatoms. The predicted molar refractivity (Wildman–Crippen MR) is 158 cm³/mol. The van der Waals surface area contributed by atoms with Gasteiger partial charge < -0.3 is 10.2 Å². The maximum atomic E-state index is 13.9. The molecule has 40 heavy (non-hydrogen) atoms. The number of carbonyl (C=O) groups excluding carboxylic acids is 2. The van der Waals surface area contributed by atoms with Crippen molar-refractivity contribution in [2.45, 2.75) is 37.8 Å². The Hall–Kier alpha value is -4.01. The van der Waals surface area contributed by atoms with Crippen LogP contribution in [-0.2, 0) is 32.6 Å². The number of nitrogens with zero attached hydrogens (tertiary/aromatic N) is 2. The molecule has 208 valence electrons. The third kappa shape index (κ3) is 6.94. The minimum absolute atomic E-state index is 0.108. The van der Waals surface area contributed by atoms with E-state index in [9.17, 15) is 18.0 Å². The highest BCUT2D eigenvalue weighted by Crippen LogP contribution is 2.22. The van der Waals surface area contributed by atoms with E-state index in [1.165, 1.54) is 11.9 Å². The highest BCUT2D eigenvalue weighted by molar-refractivity contribution is 7.89. The summed E-state index contributed by atoms with van der Waals surface area (Å²) < 4.78 is 28.1. The lowest BCUT2D eigenvalue weighted by Gasteiger charge is -2.32. The maximum Gasteiger partial charge on any atom is 0.243 e. The van der Waals surface area contributed by atoms with Crippen LogP contribution in [0.2, 0.25) is 0 Å². The molecule has 4 rings (SSSR count). The third-order valence-electron chi connectivity index (χ3n) is 6.84. The summed E-state index contributed by atoms with van der Waals surface area (Å²) >= 11 is 0. The monoisotopic (exact) mass is 557 g/mol. The van der Waals surface area contributed by atoms with Crippen LogP contribution in [0.25, 0.3) is 10.8 Å². The molecule has 0 aliphatic rings. The van der Waals surface area contributed by atoms with Gasteiger partial charge in [-0.25, -0.2) is 8.42 Å². The molecule has 0 saturated carbocycles. The lowest BCUT2D eigenvalue weighted by Crippen LogP contribution is -2.53. The van der Waals surface area contributed by atoms with Gasteiger partial charge in [-0.15, -0.1) is 0 Å². The number of hydrogen-bond acceptors (Lipinski definition) is 4. The van der Waals surface area contributed by atoms with E-state index >= 15 is 0 Å². The number of aryl methyl sites for hydroxylation is 1. The molecule has 7 nitrogen and oxygen atoms in total. The minimum atomic E-state index is -3.97. The first-order chi connectivity index (χ1) is 19.2. The first-order valence-electron chi connectivity index (χ1n) is 13.3. The number of fused-ring (bicyclic) bond motifs is 1. The van der Waals surface area contributed by atoms with Gasteiger partial charge in [-0.1, -0.05) is 90.5 Å². The maximum absolute atomic E-state index is 13.9. The third-order valence-corrected chi connectivity index (χ3v) is 8.64. The number of sulfonamides is 1. The highest BCUT2D eigenvalue weighted by atomic mass is 32.2. The number of carbonyl (C=O) groups is 2. The first kappa shape index (κ1) is 29.0. The highest BCUT2D eigenvalue weighted by Gasteiger charge is 2.33. The Labute approximate surface area is 236 Å². The Morgan fingerprint density at radius 3 is 2.20 bits per heavy atom. The molecule has 0 spiro atoms. The van der Waals surface area contributed by atoms with E-state index in [2.05, 4.69) is 5.32 Å². The molecule has 2 amide bonds. The van der Waals surface area contributed by atoms with E-state index in [1.807, 2.05) is 92.7 Å². The fourth-order valence-corrected chi connectivity index (χ4v) is 5.88. The number of rotatable bonds is 11. The summed E-state index contributed by atoms with van der Waals surface area (Å²) in [5, 5.41) is 4.58. The van der Waals surface area contributed by atoms with Crippen molar-refractivity contribution in [2.75, 3.05) is 20.1 Å². The molecule has 0 bridgehead atoms. The number of amides is 2. The second-order valence-electron chi connectivity index (χ2n) is 9.88. The van der Waals surface area contributed by atoms with Crippen LogP contribution >= 0.6 is 0 Å². The summed E-state index contributed by atoms with van der Waals surface area (Å²) in [6, 6.07) is 28.8. The Balaban J connectivity index is 1.66. The Morgan fingerprint density at radius 2 is 1.50 bits per heavy atom. The first-order valence-corrected chi connectivity index (χ1v) is 14.7. The molecule has 0 aliphatic heterocycles. The van der Waals surface area contributed by atoms with Crippen LogP contribution in [-0.4, -0.2) is 55.6 Å². The smallest absolute Gasteiger partial charge is 0.243 e. The van der Waals surface area contributed by atoms with Crippen molar-refractivity contribution in [3.8, 4) is 0 Å². The molecule has 0 radical (unpaired) electrons. The number of likely N-dealkylation sites (N-methyl/N-ethyl adjacent to an activating group) is 2. The molecular formula is C32H35N3O4S. The lowest BCUT2D eigenvalue weighted by atomic mass is 10.0. The van der Waals surface area contributed by atoms with Gasteiger partial charge in [0.2, 0.25) is 21.8 Å². The molecule has 4 aromatic carbocycles. The Morgan fingerprint density at radius 1 is 0.825 bits per heavy atom. The van der Waals surface area contributed by atoms with Gasteiger partial charge in [0.25, 0.3) is 0 Å². The second-order valence-corrected chi connectivity index (χ2v) is 11.9. The fourth-order valence-electron chi connectivity index (χ4n) is 4.73. The van der Waals surface area contributed by atoms with Gasteiger partial charge in [-0.05, 0) is 47.9 Å². The summed E-state index contributed by atoms with van der Waals surface area (Å²) in [7, 11) is -2.57. The summed E-state index contributed by atoms with van der Waals surface area (Å²) in [4.78, 5) is 28.9. The quantitative estimate of drug-likeness (QED) is 0.293. The zero-order valence-electron chi connectivity index (χ0n) is 23.1. The van der Waals surface area contributed by atoms with Gasteiger partial charge in [0, 0.05) is 26.6 Å². The predicted octanol–water partition coefficient (Wildman–Crippen LogP) is 4.54. The van der Waals surface area contributed by atoms with Gasteiger partial charge in [0.05, 0.1) is 11.4 Å². The van der Waals surface area contributed by atoms with Crippen LogP contribution in [0, 0.1) is 6.92 Å². The van der Waals surface area contributed by atoms with Gasteiger partial charge in [0.15, 0.2) is 0 Å². The average molecular weight is 558 g/mol. The standard InChI is InChI=1S/C32H35N3O4S/c1-4-33-32(37)30(20-25-12-6-5-7-13-25)35(22-26-14-10-11-24(2)19-26)31(36)23-34(3)40(38,39)29-18-17-27-15-8-9-16-28(27)21-29/h5-19,21,30H,4,20,22-23H2,1-3H3,(H,33,37)/t30-/m0/s1. The zero-order valence-corrected chi connectivity index (χ0v) is 23.9. The van der Waals surface area contributed by atoms with Crippen LogP contribution in [0.1, 0.15) is 23.6 Å². The largest absolute Gasteiger partial charge is 0.355 e. The van der Waals surface area contributed by atoms with Crippen molar-refractivity contribution in [1.29, 1.82) is 0 Å². The van der Waals surface area contributed by atoms with E-state index in [0.717, 1.165) is 31.8 Å². The van der Waals surface area contributed by atoms with Crippen LogP contribution in [0.5, 0.6) is 0 Å². The summed E-state index contributed by atoms with van der Waals surface area (Å²) in [5.74, 6) is -0.743. The summed E-state index contributed by atoms with van der Waals surface area (Å²) in [5.41, 5.74) is 2.78. The summed E-state index contributed by atoms with van der Waals surface area (Å²) in [6.07, 6.45) is 0.297. The van der Waals surface area contributed by atoms with E-state index in [0.29, 0.717) is 13.0 Å². The average Bonchev–Trinajstić information content (AvgIpc) is 2.95. The molecule has 4 aromatic rings. The molecule has 1 N–H and O–H groups in total. The van der Waals surface area contributed by atoms with Crippen LogP contribution in [0.4, 0.5) is 0 Å². The molecule has 0 saturated heterocycles. The normalized spacial score (nSPS) is 12.3. The number of benzene rings is 4. The minimum Gasteiger partial charge on any atom is -0.355 e. The van der Waals surface area contributed by atoms with Gasteiger partial charge in [0.1, 0.15) is 6.04 Å². The Kier molecular flexibility index (Phi) is 9.34. The van der Waals surface area contributed by atoms with E-state index < -0.39 is 28.5 Å². The second kappa shape index (κ2) is 12.9. The lowest BCUT2D eigenvalue weighted by molar-refractivity contribution is -0.141. The van der Waals surface area contributed by atoms with Crippen molar-refractivity contribution in [2.24, 2.45) is 0 Å². The molecule has 0 fully saturated rings. The Bertz CT molecular complexity index is 1590. The van der Waals surface area contributed by atoms with Crippen LogP contribution < -0.4 is 5.32 Å². The van der Waals surface area contributed by atoms with Gasteiger partial charge >= 0.3 is 0 Å². The van der Waals surface area contributed by atoms with Crippen LogP contribution in [0.15, 0.2) is 102 Å². The molecule has 0 unspecified atom stereocenters. The number of nitrogens with one attached hydrogen (secondary N) is 1. The topological polar surface area (TPSA) is 86.8 Å². The van der Waals surface area contributed by atoms with E-state index in [4.69, 9.17) is 0 Å². The van der Waals surface area contributed by atoms with Crippen LogP contribution in [0.3, 0.4) is 0 Å². The molecular weight excluding hydrogens is 522 g/mol. The molecule has 0 aromatic heterocycles. The van der Waals surface area contributed by atoms with Crippen molar-refractivity contribution in [3.63, 3.8) is 0 Å². The molecule has 1 atom stereocenters. The van der Waals surface area contributed by atoms with Crippen molar-refractivity contribution >= 4 is 32.6 Å². The molecule has 0 aliphatic carbocycles. The van der Waals surface area contributed by atoms with Gasteiger partial charge in [-0.3, -0.25) is 9.59 Å². The summed E-state index contributed by atoms with van der Waals surface area (Å²) in [6.45, 7) is 3.95. The van der Waals surface area contributed by atoms with Gasteiger partial charge in [-0.2, -0.15) is 4.31 Å². The SMILES string of the molecule is CCNC(=O)[C@H](Cc1ccccc1)N(Cc1cccc(C)c1)C(=O)CN(C)S(=O)(=O)c1ccc2ccccc2c1. The molecule has 0 heterocycles. The van der Waals surface area contributed by atoms with Crippen molar-refractivity contribution < 1.29 is 18.0 Å². The fraction of sp³-hybridized carbons (Fsp3) is 0.250. The zero-order chi connectivity index (χ0) is 28.7. The number of hydrogen-bond donors (Lipinski definition) is 1.